The predicted molar refractivity (Wildman–Crippen MR) is 158 cm³/mol. The molecule has 0 aromatic heterocycles. The Hall–Kier alpha value is -3.85. The van der Waals surface area contributed by atoms with E-state index in [9.17, 15) is 13.2 Å². The zero-order valence-electron chi connectivity index (χ0n) is 21.0. The van der Waals surface area contributed by atoms with Gasteiger partial charge in [0.2, 0.25) is 0 Å². The third-order valence-electron chi connectivity index (χ3n) is 5.84. The van der Waals surface area contributed by atoms with Crippen molar-refractivity contribution in [3.63, 3.8) is 0 Å². The lowest BCUT2D eigenvalue weighted by atomic mass is 10.1. The van der Waals surface area contributed by atoms with E-state index in [1.807, 2.05) is 42.5 Å². The summed E-state index contributed by atoms with van der Waals surface area (Å²) in [4.78, 5) is 14.7. The van der Waals surface area contributed by atoms with E-state index in [2.05, 4.69) is 39.2 Å². The highest BCUT2D eigenvalue weighted by Gasteiger charge is 2.21. The van der Waals surface area contributed by atoms with Crippen molar-refractivity contribution in [2.24, 2.45) is 5.10 Å². The van der Waals surface area contributed by atoms with E-state index in [4.69, 9.17) is 23.2 Å². The van der Waals surface area contributed by atoms with Crippen LogP contribution < -0.4 is 15.0 Å². The number of nitrogens with one attached hydrogen (secondary N) is 2. The van der Waals surface area contributed by atoms with Crippen LogP contribution in [0.2, 0.25) is 10.0 Å². The van der Waals surface area contributed by atoms with Gasteiger partial charge in [0, 0.05) is 24.3 Å². The number of hydrogen-bond acceptors (Lipinski definition) is 5. The van der Waals surface area contributed by atoms with E-state index in [1.165, 1.54) is 36.0 Å². The number of para-hydroxylation sites is 1. The van der Waals surface area contributed by atoms with E-state index >= 15 is 0 Å². The minimum Gasteiger partial charge on any atom is -0.367 e. The van der Waals surface area contributed by atoms with E-state index < -0.39 is 15.9 Å². The van der Waals surface area contributed by atoms with E-state index in [0.717, 1.165) is 24.3 Å². The third-order valence-corrected chi connectivity index (χ3v) is 8.01. The molecule has 10 heteroatoms. The lowest BCUT2D eigenvalue weighted by molar-refractivity contribution is 0.0955. The van der Waals surface area contributed by atoms with Gasteiger partial charge in [-0.3, -0.25) is 9.52 Å². The van der Waals surface area contributed by atoms with Crippen molar-refractivity contribution < 1.29 is 13.2 Å². The summed E-state index contributed by atoms with van der Waals surface area (Å²) in [6.45, 7) is 3.76. The van der Waals surface area contributed by atoms with Crippen molar-refractivity contribution in [1.29, 1.82) is 0 Å². The number of hydrazone groups is 1. The standard InChI is InChI=1S/C29H26Cl2N4O3S/c1-2-35(20-22-8-4-3-5-9-22)24-15-12-21(13-16-24)19-32-33-29(36)23-14-17-26(31)28(18-23)39(37,38)34-27-11-7-6-10-25(27)30/h3-19,34H,2,20H2,1H3,(H,33,36)/b32-19+. The maximum absolute atomic E-state index is 12.9. The molecule has 0 spiro atoms. The predicted octanol–water partition coefficient (Wildman–Crippen LogP) is 6.58. The Morgan fingerprint density at radius 3 is 2.28 bits per heavy atom. The molecule has 0 saturated carbocycles. The second kappa shape index (κ2) is 12.8. The number of amides is 1. The molecule has 4 rings (SSSR count). The summed E-state index contributed by atoms with van der Waals surface area (Å²) in [5, 5.41) is 4.21. The smallest absolute Gasteiger partial charge is 0.271 e. The first-order valence-electron chi connectivity index (χ1n) is 12.1. The Labute approximate surface area is 238 Å². The monoisotopic (exact) mass is 580 g/mol. The topological polar surface area (TPSA) is 90.9 Å². The van der Waals surface area contributed by atoms with Crippen molar-refractivity contribution >= 4 is 56.7 Å². The summed E-state index contributed by atoms with van der Waals surface area (Å²) in [6.07, 6.45) is 1.52. The van der Waals surface area contributed by atoms with Gasteiger partial charge in [-0.1, -0.05) is 77.8 Å². The fourth-order valence-corrected chi connectivity index (χ4v) is 5.63. The molecule has 39 heavy (non-hydrogen) atoms. The quantitative estimate of drug-likeness (QED) is 0.163. The van der Waals surface area contributed by atoms with Gasteiger partial charge in [-0.2, -0.15) is 5.10 Å². The maximum Gasteiger partial charge on any atom is 0.271 e. The number of hydrogen-bond donors (Lipinski definition) is 2. The van der Waals surface area contributed by atoms with Gasteiger partial charge < -0.3 is 4.90 Å². The second-order valence-electron chi connectivity index (χ2n) is 8.52. The van der Waals surface area contributed by atoms with Crippen LogP contribution in [-0.2, 0) is 16.6 Å². The summed E-state index contributed by atoms with van der Waals surface area (Å²) in [6, 6.07) is 28.4. The van der Waals surface area contributed by atoms with Gasteiger partial charge in [-0.15, -0.1) is 0 Å². The largest absolute Gasteiger partial charge is 0.367 e. The lowest BCUT2D eigenvalue weighted by Gasteiger charge is -2.23. The molecule has 4 aromatic carbocycles. The molecule has 0 saturated heterocycles. The third kappa shape index (κ3) is 7.38. The van der Waals surface area contributed by atoms with Gasteiger partial charge in [0.25, 0.3) is 15.9 Å². The zero-order valence-corrected chi connectivity index (χ0v) is 23.3. The molecule has 4 aromatic rings. The minimum atomic E-state index is -4.11. The fraction of sp³-hybridized carbons (Fsp3) is 0.103. The normalized spacial score (nSPS) is 11.4. The maximum atomic E-state index is 12.9. The van der Waals surface area contributed by atoms with Crippen LogP contribution in [-0.4, -0.2) is 27.1 Å². The Bertz CT molecular complexity index is 1580. The first-order chi connectivity index (χ1) is 18.8. The number of nitrogens with zero attached hydrogens (tertiary/aromatic N) is 2. The Balaban J connectivity index is 1.41. The summed E-state index contributed by atoms with van der Waals surface area (Å²) in [7, 11) is -4.11. The fourth-order valence-electron chi connectivity index (χ4n) is 3.78. The first kappa shape index (κ1) is 28.2. The highest BCUT2D eigenvalue weighted by Crippen LogP contribution is 2.28. The van der Waals surface area contributed by atoms with Crippen LogP contribution in [0.5, 0.6) is 0 Å². The molecule has 0 heterocycles. The molecule has 0 aliphatic carbocycles. The summed E-state index contributed by atoms with van der Waals surface area (Å²) >= 11 is 12.2. The van der Waals surface area contributed by atoms with Crippen molar-refractivity contribution in [2.45, 2.75) is 18.4 Å². The molecular weight excluding hydrogens is 555 g/mol. The average molecular weight is 582 g/mol. The van der Waals surface area contributed by atoms with Crippen LogP contribution in [0.4, 0.5) is 11.4 Å². The van der Waals surface area contributed by atoms with Crippen molar-refractivity contribution in [1.82, 2.24) is 5.43 Å². The summed E-state index contributed by atoms with van der Waals surface area (Å²) in [5.74, 6) is -0.589. The van der Waals surface area contributed by atoms with E-state index in [-0.39, 0.29) is 26.2 Å². The molecule has 0 bridgehead atoms. The van der Waals surface area contributed by atoms with Crippen LogP contribution >= 0.6 is 23.2 Å². The molecule has 0 radical (unpaired) electrons. The molecule has 0 unspecified atom stereocenters. The van der Waals surface area contributed by atoms with E-state index in [1.54, 1.807) is 18.2 Å². The van der Waals surface area contributed by atoms with Crippen LogP contribution in [0.15, 0.2) is 107 Å². The van der Waals surface area contributed by atoms with Gasteiger partial charge in [0.15, 0.2) is 0 Å². The number of halogens is 2. The molecule has 0 atom stereocenters. The second-order valence-corrected chi connectivity index (χ2v) is 11.0. The van der Waals surface area contributed by atoms with Crippen molar-refractivity contribution in [3.8, 4) is 0 Å². The molecule has 7 nitrogen and oxygen atoms in total. The SMILES string of the molecule is CCN(Cc1ccccc1)c1ccc(/C=N/NC(=O)c2ccc(Cl)c(S(=O)(=O)Nc3ccccc3Cl)c2)cc1. The Morgan fingerprint density at radius 2 is 1.59 bits per heavy atom. The molecule has 1 amide bonds. The molecule has 0 fully saturated rings. The van der Waals surface area contributed by atoms with E-state index in [0.29, 0.717) is 0 Å². The summed E-state index contributed by atoms with van der Waals surface area (Å²) in [5.41, 5.74) is 5.79. The molecular formula is C29H26Cl2N4O3S. The first-order valence-corrected chi connectivity index (χ1v) is 14.3. The van der Waals surface area contributed by atoms with Crippen LogP contribution in [0.25, 0.3) is 0 Å². The van der Waals surface area contributed by atoms with Crippen molar-refractivity contribution in [3.05, 3.63) is 124 Å². The van der Waals surface area contributed by atoms with Gasteiger partial charge in [-0.25, -0.2) is 13.8 Å². The van der Waals surface area contributed by atoms with Gasteiger partial charge >= 0.3 is 0 Å². The van der Waals surface area contributed by atoms with Crippen LogP contribution in [0.3, 0.4) is 0 Å². The Kier molecular flexibility index (Phi) is 9.24. The van der Waals surface area contributed by atoms with Gasteiger partial charge in [0.1, 0.15) is 4.90 Å². The summed E-state index contributed by atoms with van der Waals surface area (Å²) < 4.78 is 28.3. The molecule has 0 aliphatic heterocycles. The molecule has 0 aliphatic rings. The van der Waals surface area contributed by atoms with Crippen LogP contribution in [0.1, 0.15) is 28.4 Å². The molecule has 200 valence electrons. The van der Waals surface area contributed by atoms with Crippen LogP contribution in [0, 0.1) is 0 Å². The average Bonchev–Trinajstić information content (AvgIpc) is 2.94. The number of carbonyl (C=O) groups excluding carboxylic acids is 1. The lowest BCUT2D eigenvalue weighted by Crippen LogP contribution is -2.21. The number of rotatable bonds is 10. The molecule has 2 N–H and O–H groups in total. The highest BCUT2D eigenvalue weighted by atomic mass is 35.5. The highest BCUT2D eigenvalue weighted by molar-refractivity contribution is 7.92. The number of carbonyl (C=O) groups is 1. The van der Waals surface area contributed by atoms with Gasteiger partial charge in [0.05, 0.1) is 21.9 Å². The number of benzene rings is 4. The number of sulfonamides is 1. The Morgan fingerprint density at radius 1 is 0.897 bits per heavy atom. The van der Waals surface area contributed by atoms with Gasteiger partial charge in [-0.05, 0) is 60.5 Å². The zero-order chi connectivity index (χ0) is 27.8. The minimum absolute atomic E-state index is 0.0388. The van der Waals surface area contributed by atoms with Crippen molar-refractivity contribution in [2.75, 3.05) is 16.2 Å². The number of anilines is 2.